The summed E-state index contributed by atoms with van der Waals surface area (Å²) in [6.07, 6.45) is 1.04. The Morgan fingerprint density at radius 3 is 2.72 bits per heavy atom. The molecule has 1 aromatic heterocycles. The number of likely N-dealkylation sites (tertiary alicyclic amines) is 1. The lowest BCUT2D eigenvalue weighted by molar-refractivity contribution is -0.121. The predicted octanol–water partition coefficient (Wildman–Crippen LogP) is 3.63. The van der Waals surface area contributed by atoms with Gasteiger partial charge in [-0.05, 0) is 74.0 Å². The number of carbonyl (C=O) groups is 2. The Balaban J connectivity index is 1.75. The SMILES string of the molecule is Cc1cc(F)c(Br)nc1NC(=O)[C@H]1C[C@H]2C[C@H]2N1C(=O)OC(C)(C)C. The van der Waals surface area contributed by atoms with E-state index in [0.29, 0.717) is 17.9 Å². The van der Waals surface area contributed by atoms with Gasteiger partial charge in [-0.2, -0.15) is 0 Å². The predicted molar refractivity (Wildman–Crippen MR) is 93.6 cm³/mol. The molecule has 0 radical (unpaired) electrons. The second-order valence-electron chi connectivity index (χ2n) is 7.62. The number of aromatic nitrogens is 1. The zero-order chi connectivity index (χ0) is 18.5. The van der Waals surface area contributed by atoms with Crippen molar-refractivity contribution in [2.45, 2.75) is 58.2 Å². The molecule has 1 saturated carbocycles. The molecular formula is C17H21BrFN3O3. The van der Waals surface area contributed by atoms with E-state index in [1.54, 1.807) is 32.6 Å². The van der Waals surface area contributed by atoms with Crippen LogP contribution in [0.25, 0.3) is 0 Å². The molecule has 0 aromatic carbocycles. The maximum absolute atomic E-state index is 13.5. The van der Waals surface area contributed by atoms with Crippen LogP contribution in [0.3, 0.4) is 0 Å². The molecule has 0 spiro atoms. The highest BCUT2D eigenvalue weighted by molar-refractivity contribution is 9.10. The molecule has 136 valence electrons. The minimum absolute atomic E-state index is 0.0340. The number of piperidine rings is 1. The summed E-state index contributed by atoms with van der Waals surface area (Å²) in [5.74, 6) is -0.194. The number of hydrogen-bond acceptors (Lipinski definition) is 4. The number of rotatable bonds is 2. The van der Waals surface area contributed by atoms with Gasteiger partial charge in [0.05, 0.1) is 0 Å². The van der Waals surface area contributed by atoms with Gasteiger partial charge in [-0.1, -0.05) is 0 Å². The zero-order valence-electron chi connectivity index (χ0n) is 14.6. The maximum atomic E-state index is 13.5. The van der Waals surface area contributed by atoms with Crippen LogP contribution in [-0.4, -0.2) is 39.6 Å². The van der Waals surface area contributed by atoms with Crippen LogP contribution in [0, 0.1) is 18.7 Å². The molecule has 0 unspecified atom stereocenters. The molecule has 2 fully saturated rings. The third-order valence-electron chi connectivity index (χ3n) is 4.38. The summed E-state index contributed by atoms with van der Waals surface area (Å²) < 4.78 is 19.0. The number of fused-ring (bicyclic) bond motifs is 1. The molecule has 3 rings (SSSR count). The van der Waals surface area contributed by atoms with Gasteiger partial charge in [-0.15, -0.1) is 0 Å². The molecule has 2 amide bonds. The summed E-state index contributed by atoms with van der Waals surface area (Å²) in [4.78, 5) is 30.7. The third kappa shape index (κ3) is 3.78. The summed E-state index contributed by atoms with van der Waals surface area (Å²) in [5, 5.41) is 2.71. The first kappa shape index (κ1) is 18.1. The lowest BCUT2D eigenvalue weighted by atomic mass is 10.1. The number of hydrogen-bond donors (Lipinski definition) is 1. The van der Waals surface area contributed by atoms with E-state index >= 15 is 0 Å². The van der Waals surface area contributed by atoms with Gasteiger partial charge < -0.3 is 10.1 Å². The Morgan fingerprint density at radius 1 is 1.40 bits per heavy atom. The van der Waals surface area contributed by atoms with Crippen molar-refractivity contribution >= 4 is 33.7 Å². The number of amides is 2. The summed E-state index contributed by atoms with van der Waals surface area (Å²) >= 11 is 3.02. The zero-order valence-corrected chi connectivity index (χ0v) is 16.2. The highest BCUT2D eigenvalue weighted by atomic mass is 79.9. The minimum atomic E-state index is -0.620. The topological polar surface area (TPSA) is 71.5 Å². The van der Waals surface area contributed by atoms with Crippen LogP contribution in [-0.2, 0) is 9.53 Å². The van der Waals surface area contributed by atoms with Crippen LogP contribution in [0.15, 0.2) is 10.7 Å². The monoisotopic (exact) mass is 413 g/mol. The molecule has 1 aliphatic carbocycles. The van der Waals surface area contributed by atoms with Crippen LogP contribution < -0.4 is 5.32 Å². The van der Waals surface area contributed by atoms with Crippen molar-refractivity contribution in [2.24, 2.45) is 5.92 Å². The van der Waals surface area contributed by atoms with Gasteiger partial charge in [0.1, 0.15) is 22.1 Å². The van der Waals surface area contributed by atoms with Gasteiger partial charge in [-0.3, -0.25) is 9.69 Å². The first-order valence-corrected chi connectivity index (χ1v) is 9.01. The van der Waals surface area contributed by atoms with E-state index in [9.17, 15) is 14.0 Å². The quantitative estimate of drug-likeness (QED) is 0.751. The van der Waals surface area contributed by atoms with E-state index in [1.165, 1.54) is 6.07 Å². The third-order valence-corrected chi connectivity index (χ3v) is 4.93. The Kier molecular flexibility index (Phi) is 4.51. The number of nitrogens with zero attached hydrogens (tertiary/aromatic N) is 2. The van der Waals surface area contributed by atoms with Crippen LogP contribution in [0.2, 0.25) is 0 Å². The Morgan fingerprint density at radius 2 is 2.08 bits per heavy atom. The number of aryl methyl sites for hydroxylation is 1. The Labute approximate surface area is 154 Å². The van der Waals surface area contributed by atoms with Crippen molar-refractivity contribution in [1.29, 1.82) is 0 Å². The summed E-state index contributed by atoms with van der Waals surface area (Å²) in [7, 11) is 0. The van der Waals surface area contributed by atoms with Gasteiger partial charge in [0, 0.05) is 6.04 Å². The van der Waals surface area contributed by atoms with E-state index in [4.69, 9.17) is 4.74 Å². The first-order chi connectivity index (χ1) is 11.6. The van der Waals surface area contributed by atoms with Gasteiger partial charge in [0.2, 0.25) is 5.91 Å². The molecule has 1 saturated heterocycles. The Bertz CT molecular complexity index is 735. The van der Waals surface area contributed by atoms with Crippen molar-refractivity contribution in [1.82, 2.24) is 9.88 Å². The molecule has 6 nitrogen and oxygen atoms in total. The second kappa shape index (κ2) is 6.23. The second-order valence-corrected chi connectivity index (χ2v) is 8.37. The lowest BCUT2D eigenvalue weighted by Gasteiger charge is -2.29. The molecule has 0 bridgehead atoms. The molecule has 1 N–H and O–H groups in total. The minimum Gasteiger partial charge on any atom is -0.444 e. The fourth-order valence-electron chi connectivity index (χ4n) is 3.15. The van der Waals surface area contributed by atoms with Gasteiger partial charge >= 0.3 is 6.09 Å². The average molecular weight is 414 g/mol. The molecule has 8 heteroatoms. The fourth-order valence-corrected chi connectivity index (χ4v) is 3.44. The smallest absolute Gasteiger partial charge is 0.411 e. The largest absolute Gasteiger partial charge is 0.444 e. The number of halogens is 2. The van der Waals surface area contributed by atoms with Crippen LogP contribution >= 0.6 is 15.9 Å². The van der Waals surface area contributed by atoms with Gasteiger partial charge in [0.25, 0.3) is 0 Å². The molecule has 1 aliphatic heterocycles. The Hall–Kier alpha value is -1.70. The molecular weight excluding hydrogens is 393 g/mol. The van der Waals surface area contributed by atoms with Gasteiger partial charge in [-0.25, -0.2) is 14.2 Å². The highest BCUT2D eigenvalue weighted by Gasteiger charge is 2.57. The van der Waals surface area contributed by atoms with Crippen LogP contribution in [0.1, 0.15) is 39.2 Å². The normalized spacial score (nSPS) is 24.7. The fraction of sp³-hybridized carbons (Fsp3) is 0.588. The number of ether oxygens (including phenoxy) is 1. The highest BCUT2D eigenvalue weighted by Crippen LogP contribution is 2.48. The molecule has 2 heterocycles. The standard InChI is InChI=1S/C17H21BrFN3O3/c1-8-5-10(19)13(18)20-14(8)21-15(23)12-7-9-6-11(9)22(12)16(24)25-17(2,3)4/h5,9,11-12H,6-7H2,1-4H3,(H,20,21,23)/t9-,11-,12-/m1/s1. The average Bonchev–Trinajstić information content (AvgIpc) is 3.12. The van der Waals surface area contributed by atoms with E-state index in [2.05, 4.69) is 26.2 Å². The molecule has 25 heavy (non-hydrogen) atoms. The van der Waals surface area contributed by atoms with Crippen molar-refractivity contribution in [3.8, 4) is 0 Å². The van der Waals surface area contributed by atoms with Crippen molar-refractivity contribution in [2.75, 3.05) is 5.32 Å². The number of pyridine rings is 1. The van der Waals surface area contributed by atoms with E-state index in [1.807, 2.05) is 0 Å². The summed E-state index contributed by atoms with van der Waals surface area (Å²) in [6, 6.07) is 0.771. The van der Waals surface area contributed by atoms with Crippen molar-refractivity contribution in [3.05, 3.63) is 22.1 Å². The summed E-state index contributed by atoms with van der Waals surface area (Å²) in [5.41, 5.74) is -0.105. The van der Waals surface area contributed by atoms with Crippen LogP contribution in [0.4, 0.5) is 15.0 Å². The number of nitrogens with one attached hydrogen (secondary N) is 1. The van der Waals surface area contributed by atoms with Crippen LogP contribution in [0.5, 0.6) is 0 Å². The van der Waals surface area contributed by atoms with E-state index in [-0.39, 0.29) is 22.4 Å². The van der Waals surface area contributed by atoms with Crippen molar-refractivity contribution < 1.29 is 18.7 Å². The van der Waals surface area contributed by atoms with Crippen molar-refractivity contribution in [3.63, 3.8) is 0 Å². The summed E-state index contributed by atoms with van der Waals surface area (Å²) in [6.45, 7) is 7.05. The maximum Gasteiger partial charge on any atom is 0.411 e. The first-order valence-electron chi connectivity index (χ1n) is 8.21. The van der Waals surface area contributed by atoms with Gasteiger partial charge in [0.15, 0.2) is 5.82 Å². The van der Waals surface area contributed by atoms with E-state index in [0.717, 1.165) is 6.42 Å². The number of carbonyl (C=O) groups excluding carboxylic acids is 2. The lowest BCUT2D eigenvalue weighted by Crippen LogP contribution is -2.47. The number of anilines is 1. The molecule has 1 aromatic rings. The van der Waals surface area contributed by atoms with E-state index < -0.39 is 23.6 Å². The molecule has 3 atom stereocenters. The molecule has 2 aliphatic rings.